The van der Waals surface area contributed by atoms with Gasteiger partial charge in [-0.1, -0.05) is 37.0 Å². The second-order valence-corrected chi connectivity index (χ2v) is 8.83. The Morgan fingerprint density at radius 1 is 0.971 bits per heavy atom. The number of urea groups is 1. The molecule has 0 bridgehead atoms. The number of nitrogens with one attached hydrogen (secondary N) is 1. The molecule has 1 aliphatic carbocycles. The van der Waals surface area contributed by atoms with E-state index in [2.05, 4.69) is 10.1 Å². The van der Waals surface area contributed by atoms with E-state index < -0.39 is 12.0 Å². The molecule has 1 saturated carbocycles. The number of hydrogen-bond acceptors (Lipinski definition) is 5. The quantitative estimate of drug-likeness (QED) is 0.510. The summed E-state index contributed by atoms with van der Waals surface area (Å²) >= 11 is 0. The first kappa shape index (κ1) is 23.5. The number of amides is 4. The van der Waals surface area contributed by atoms with Crippen LogP contribution in [0.2, 0.25) is 0 Å². The Hall–Kier alpha value is -3.68. The molecule has 1 unspecified atom stereocenters. The molecule has 4 amide bonds. The maximum absolute atomic E-state index is 13.4. The molecule has 2 aliphatic rings. The summed E-state index contributed by atoms with van der Waals surface area (Å²) < 4.78 is 4.68. The lowest BCUT2D eigenvalue weighted by Crippen LogP contribution is -2.45. The van der Waals surface area contributed by atoms with Crippen LogP contribution in [0.3, 0.4) is 0 Å². The van der Waals surface area contributed by atoms with Crippen LogP contribution in [0, 0.1) is 6.92 Å². The summed E-state index contributed by atoms with van der Waals surface area (Å²) in [7, 11) is 1.30. The maximum atomic E-state index is 13.4. The first-order valence-corrected chi connectivity index (χ1v) is 11.6. The molecule has 8 nitrogen and oxygen atoms in total. The van der Waals surface area contributed by atoms with Crippen molar-refractivity contribution < 1.29 is 23.9 Å². The van der Waals surface area contributed by atoms with Gasteiger partial charge in [-0.15, -0.1) is 0 Å². The highest BCUT2D eigenvalue weighted by Crippen LogP contribution is 2.33. The summed E-state index contributed by atoms with van der Waals surface area (Å²) in [5.41, 5.74) is 2.41. The number of benzene rings is 2. The third-order valence-corrected chi connectivity index (χ3v) is 6.48. The number of nitrogens with zero attached hydrogens (tertiary/aromatic N) is 2. The number of ether oxygens (including phenoxy) is 1. The molecule has 2 aromatic rings. The standard InChI is InChI=1S/C26H29N3O5/c1-17-8-14-21(15-9-17)29-24(31)22(28(26(29)33)20-6-4-3-5-7-20)16-23(30)27-19-12-10-18(11-13-19)25(32)34-2/h8-15,20,22H,3-7,16H2,1-2H3,(H,27,30). The molecule has 2 aromatic carbocycles. The fourth-order valence-electron chi connectivity index (χ4n) is 4.69. The van der Waals surface area contributed by atoms with Gasteiger partial charge < -0.3 is 15.0 Å². The highest BCUT2D eigenvalue weighted by Gasteiger charge is 2.49. The minimum atomic E-state index is -0.855. The third kappa shape index (κ3) is 4.81. The van der Waals surface area contributed by atoms with Crippen LogP contribution < -0.4 is 10.2 Å². The van der Waals surface area contributed by atoms with Gasteiger partial charge in [0, 0.05) is 11.7 Å². The topological polar surface area (TPSA) is 96.0 Å². The van der Waals surface area contributed by atoms with Gasteiger partial charge in [0.1, 0.15) is 6.04 Å². The highest BCUT2D eigenvalue weighted by atomic mass is 16.5. The van der Waals surface area contributed by atoms with Crippen molar-refractivity contribution >= 4 is 35.2 Å². The third-order valence-electron chi connectivity index (χ3n) is 6.48. The number of carbonyl (C=O) groups is 4. The molecule has 2 fully saturated rings. The molecule has 0 aromatic heterocycles. The minimum absolute atomic E-state index is 0.0576. The number of imide groups is 1. The van der Waals surface area contributed by atoms with Crippen molar-refractivity contribution in [3.63, 3.8) is 0 Å². The predicted octanol–water partition coefficient (Wildman–Crippen LogP) is 4.28. The van der Waals surface area contributed by atoms with Crippen LogP contribution in [-0.2, 0) is 14.3 Å². The molecule has 1 saturated heterocycles. The summed E-state index contributed by atoms with van der Waals surface area (Å²) in [5, 5.41) is 2.77. The molecule has 8 heteroatoms. The molecular weight excluding hydrogens is 434 g/mol. The number of aryl methyl sites for hydroxylation is 1. The zero-order valence-corrected chi connectivity index (χ0v) is 19.5. The minimum Gasteiger partial charge on any atom is -0.465 e. The molecule has 1 heterocycles. The van der Waals surface area contributed by atoms with Gasteiger partial charge in [-0.2, -0.15) is 0 Å². The van der Waals surface area contributed by atoms with Crippen LogP contribution in [0.1, 0.15) is 54.4 Å². The van der Waals surface area contributed by atoms with Crippen molar-refractivity contribution in [2.24, 2.45) is 0 Å². The van der Waals surface area contributed by atoms with E-state index in [0.29, 0.717) is 16.9 Å². The van der Waals surface area contributed by atoms with Crippen molar-refractivity contribution in [1.29, 1.82) is 0 Å². The van der Waals surface area contributed by atoms with E-state index in [1.807, 2.05) is 19.1 Å². The fraction of sp³-hybridized carbons (Fsp3) is 0.385. The Morgan fingerprint density at radius 2 is 1.62 bits per heavy atom. The molecular formula is C26H29N3O5. The summed E-state index contributed by atoms with van der Waals surface area (Å²) in [6.45, 7) is 1.94. The first-order valence-electron chi connectivity index (χ1n) is 11.6. The second kappa shape index (κ2) is 10.1. The summed E-state index contributed by atoms with van der Waals surface area (Å²) in [6.07, 6.45) is 4.63. The number of rotatable bonds is 6. The van der Waals surface area contributed by atoms with E-state index in [-0.39, 0.29) is 30.3 Å². The van der Waals surface area contributed by atoms with E-state index in [4.69, 9.17) is 0 Å². The van der Waals surface area contributed by atoms with Crippen LogP contribution in [0.5, 0.6) is 0 Å². The predicted molar refractivity (Wildman–Crippen MR) is 128 cm³/mol. The Balaban J connectivity index is 1.54. The zero-order valence-electron chi connectivity index (χ0n) is 19.5. The Kier molecular flexibility index (Phi) is 6.95. The molecule has 4 rings (SSSR count). The Labute approximate surface area is 198 Å². The number of esters is 1. The summed E-state index contributed by atoms with van der Waals surface area (Å²) in [5.74, 6) is -1.22. The van der Waals surface area contributed by atoms with Gasteiger partial charge in [0.05, 0.1) is 24.8 Å². The maximum Gasteiger partial charge on any atom is 0.337 e. The number of methoxy groups -OCH3 is 1. The van der Waals surface area contributed by atoms with Gasteiger partial charge in [0.2, 0.25) is 5.91 Å². The fourth-order valence-corrected chi connectivity index (χ4v) is 4.69. The molecule has 178 valence electrons. The lowest BCUT2D eigenvalue weighted by Gasteiger charge is -2.33. The summed E-state index contributed by atoms with van der Waals surface area (Å²) in [4.78, 5) is 54.2. The van der Waals surface area contributed by atoms with Crippen LogP contribution >= 0.6 is 0 Å². The van der Waals surface area contributed by atoms with Gasteiger partial charge in [-0.25, -0.2) is 14.5 Å². The van der Waals surface area contributed by atoms with E-state index in [1.165, 1.54) is 12.0 Å². The first-order chi connectivity index (χ1) is 16.4. The van der Waals surface area contributed by atoms with Crippen LogP contribution in [0.4, 0.5) is 16.2 Å². The number of hydrogen-bond donors (Lipinski definition) is 1. The smallest absolute Gasteiger partial charge is 0.337 e. The van der Waals surface area contributed by atoms with Crippen molar-refractivity contribution in [3.05, 3.63) is 59.7 Å². The average Bonchev–Trinajstić information content (AvgIpc) is 3.09. The monoisotopic (exact) mass is 463 g/mol. The molecule has 1 atom stereocenters. The van der Waals surface area contributed by atoms with Gasteiger partial charge in [0.15, 0.2) is 0 Å². The van der Waals surface area contributed by atoms with E-state index in [0.717, 1.165) is 37.7 Å². The largest absolute Gasteiger partial charge is 0.465 e. The van der Waals surface area contributed by atoms with Crippen molar-refractivity contribution in [2.45, 2.75) is 57.5 Å². The molecule has 34 heavy (non-hydrogen) atoms. The van der Waals surface area contributed by atoms with E-state index >= 15 is 0 Å². The Morgan fingerprint density at radius 3 is 2.24 bits per heavy atom. The molecule has 0 spiro atoms. The molecule has 1 N–H and O–H groups in total. The van der Waals surface area contributed by atoms with Crippen molar-refractivity contribution in [2.75, 3.05) is 17.3 Å². The van der Waals surface area contributed by atoms with Crippen LogP contribution in [0.25, 0.3) is 0 Å². The average molecular weight is 464 g/mol. The highest BCUT2D eigenvalue weighted by molar-refractivity contribution is 6.22. The SMILES string of the molecule is COC(=O)c1ccc(NC(=O)CC2C(=O)N(c3ccc(C)cc3)C(=O)N2C2CCCCC2)cc1. The number of anilines is 2. The van der Waals surface area contributed by atoms with Gasteiger partial charge >= 0.3 is 12.0 Å². The van der Waals surface area contributed by atoms with Gasteiger partial charge in [0.25, 0.3) is 5.91 Å². The van der Waals surface area contributed by atoms with Crippen molar-refractivity contribution in [1.82, 2.24) is 4.90 Å². The Bertz CT molecular complexity index is 1070. The lowest BCUT2D eigenvalue weighted by atomic mass is 9.93. The van der Waals surface area contributed by atoms with Gasteiger partial charge in [-0.3, -0.25) is 9.59 Å². The summed E-state index contributed by atoms with van der Waals surface area (Å²) in [6, 6.07) is 12.3. The normalized spacial score (nSPS) is 18.8. The second-order valence-electron chi connectivity index (χ2n) is 8.83. The molecule has 0 radical (unpaired) electrons. The van der Waals surface area contributed by atoms with E-state index in [9.17, 15) is 19.2 Å². The number of carbonyl (C=O) groups excluding carboxylic acids is 4. The van der Waals surface area contributed by atoms with Crippen LogP contribution in [0.15, 0.2) is 48.5 Å². The van der Waals surface area contributed by atoms with Crippen LogP contribution in [-0.4, -0.2) is 47.9 Å². The van der Waals surface area contributed by atoms with E-state index in [1.54, 1.807) is 41.3 Å². The zero-order chi connectivity index (χ0) is 24.2. The molecule has 1 aliphatic heterocycles. The van der Waals surface area contributed by atoms with Crippen molar-refractivity contribution in [3.8, 4) is 0 Å². The lowest BCUT2D eigenvalue weighted by molar-refractivity contribution is -0.125. The van der Waals surface area contributed by atoms with Gasteiger partial charge in [-0.05, 0) is 56.2 Å².